The van der Waals surface area contributed by atoms with Crippen LogP contribution < -0.4 is 14.4 Å². The lowest BCUT2D eigenvalue weighted by molar-refractivity contribution is -0.114. The van der Waals surface area contributed by atoms with Crippen molar-refractivity contribution in [3.63, 3.8) is 0 Å². The van der Waals surface area contributed by atoms with Gasteiger partial charge in [0.2, 0.25) is 15.9 Å². The van der Waals surface area contributed by atoms with Crippen LogP contribution in [0, 0.1) is 0 Å². The third-order valence-electron chi connectivity index (χ3n) is 4.05. The molecule has 0 bridgehead atoms. The van der Waals surface area contributed by atoms with Gasteiger partial charge in [-0.05, 0) is 48.5 Å². The lowest BCUT2D eigenvalue weighted by atomic mass is 10.2. The summed E-state index contributed by atoms with van der Waals surface area (Å²) in [5.74, 6) is 0.279. The number of carbonyl (C=O) groups excluding carboxylic acids is 1. The SMILES string of the molecule is CS(=O)(=O)N(CC(=O)Nc1cc(Cl)ccc1Oc1ccccc1)c1cc(Cl)ccc1Cl. The lowest BCUT2D eigenvalue weighted by Gasteiger charge is -2.23. The van der Waals surface area contributed by atoms with E-state index in [0.29, 0.717) is 16.5 Å². The van der Waals surface area contributed by atoms with Crippen molar-refractivity contribution in [3.05, 3.63) is 81.8 Å². The Kier molecular flexibility index (Phi) is 7.33. The minimum atomic E-state index is -3.84. The molecule has 31 heavy (non-hydrogen) atoms. The third-order valence-corrected chi connectivity index (χ3v) is 5.97. The van der Waals surface area contributed by atoms with E-state index in [-0.39, 0.29) is 21.4 Å². The number of hydrogen-bond acceptors (Lipinski definition) is 4. The number of nitrogens with one attached hydrogen (secondary N) is 1. The van der Waals surface area contributed by atoms with Crippen LogP contribution in [0.4, 0.5) is 11.4 Å². The summed E-state index contributed by atoms with van der Waals surface area (Å²) in [5.41, 5.74) is 0.380. The van der Waals surface area contributed by atoms with Crippen LogP contribution in [0.1, 0.15) is 0 Å². The fourth-order valence-corrected chi connectivity index (χ4v) is 4.15. The number of anilines is 2. The Morgan fingerprint density at radius 1 is 0.968 bits per heavy atom. The third kappa shape index (κ3) is 6.27. The van der Waals surface area contributed by atoms with E-state index in [4.69, 9.17) is 39.5 Å². The van der Waals surface area contributed by atoms with Crippen molar-refractivity contribution in [2.45, 2.75) is 0 Å². The molecule has 162 valence electrons. The zero-order valence-corrected chi connectivity index (χ0v) is 19.3. The summed E-state index contributed by atoms with van der Waals surface area (Å²) in [6, 6.07) is 18.1. The molecule has 0 aliphatic carbocycles. The number of hydrogen-bond donors (Lipinski definition) is 1. The molecule has 0 radical (unpaired) electrons. The van der Waals surface area contributed by atoms with Crippen LogP contribution in [0.15, 0.2) is 66.7 Å². The first kappa shape index (κ1) is 23.2. The molecule has 3 aromatic rings. The van der Waals surface area contributed by atoms with Gasteiger partial charge in [0.05, 0.1) is 22.7 Å². The van der Waals surface area contributed by atoms with E-state index in [9.17, 15) is 13.2 Å². The van der Waals surface area contributed by atoms with Gasteiger partial charge in [0.1, 0.15) is 12.3 Å². The summed E-state index contributed by atoms with van der Waals surface area (Å²) < 4.78 is 31.4. The zero-order chi connectivity index (χ0) is 22.6. The van der Waals surface area contributed by atoms with E-state index < -0.39 is 22.5 Å². The number of para-hydroxylation sites is 1. The maximum atomic E-state index is 12.8. The topological polar surface area (TPSA) is 75.7 Å². The van der Waals surface area contributed by atoms with Crippen molar-refractivity contribution in [3.8, 4) is 11.5 Å². The van der Waals surface area contributed by atoms with Crippen molar-refractivity contribution in [2.24, 2.45) is 0 Å². The molecule has 0 saturated heterocycles. The molecule has 0 unspecified atom stereocenters. The van der Waals surface area contributed by atoms with Crippen LogP contribution >= 0.6 is 34.8 Å². The Bertz CT molecular complexity index is 1200. The van der Waals surface area contributed by atoms with Gasteiger partial charge in [-0.25, -0.2) is 8.42 Å². The molecule has 0 atom stereocenters. The molecule has 0 aromatic heterocycles. The highest BCUT2D eigenvalue weighted by Crippen LogP contribution is 2.33. The molecule has 0 saturated carbocycles. The average molecular weight is 500 g/mol. The Hall–Kier alpha value is -2.45. The van der Waals surface area contributed by atoms with Crippen molar-refractivity contribution >= 4 is 62.1 Å². The van der Waals surface area contributed by atoms with Gasteiger partial charge in [-0.3, -0.25) is 9.10 Å². The van der Waals surface area contributed by atoms with Crippen LogP contribution in [-0.2, 0) is 14.8 Å². The predicted octanol–water partition coefficient (Wildman–Crippen LogP) is 5.84. The van der Waals surface area contributed by atoms with Gasteiger partial charge in [-0.15, -0.1) is 0 Å². The number of benzene rings is 3. The minimum absolute atomic E-state index is 0.0960. The first-order valence-corrected chi connectivity index (χ1v) is 11.9. The average Bonchev–Trinajstić information content (AvgIpc) is 2.70. The lowest BCUT2D eigenvalue weighted by Crippen LogP contribution is -2.37. The molecule has 0 spiro atoms. The summed E-state index contributed by atoms with van der Waals surface area (Å²) in [6.07, 6.45) is 0.973. The second-order valence-corrected chi connectivity index (χ2v) is 9.66. The number of rotatable bonds is 7. The van der Waals surface area contributed by atoms with Crippen LogP contribution in [0.25, 0.3) is 0 Å². The Balaban J connectivity index is 1.86. The Morgan fingerprint density at radius 3 is 2.29 bits per heavy atom. The van der Waals surface area contributed by atoms with Gasteiger partial charge < -0.3 is 10.1 Å². The van der Waals surface area contributed by atoms with Crippen LogP contribution in [-0.4, -0.2) is 27.1 Å². The molecule has 0 fully saturated rings. The van der Waals surface area contributed by atoms with E-state index in [1.807, 2.05) is 18.2 Å². The highest BCUT2D eigenvalue weighted by Gasteiger charge is 2.24. The number of ether oxygens (including phenoxy) is 1. The van der Waals surface area contributed by atoms with Crippen LogP contribution in [0.5, 0.6) is 11.5 Å². The van der Waals surface area contributed by atoms with Crippen molar-refractivity contribution in [2.75, 3.05) is 22.4 Å². The fraction of sp³-hybridized carbons (Fsp3) is 0.0952. The van der Waals surface area contributed by atoms with E-state index in [1.165, 1.54) is 24.3 Å². The molecular weight excluding hydrogens is 483 g/mol. The smallest absolute Gasteiger partial charge is 0.245 e. The highest BCUT2D eigenvalue weighted by atomic mass is 35.5. The van der Waals surface area contributed by atoms with Gasteiger partial charge >= 0.3 is 0 Å². The molecule has 6 nitrogen and oxygen atoms in total. The Morgan fingerprint density at radius 2 is 1.61 bits per heavy atom. The predicted molar refractivity (Wildman–Crippen MR) is 125 cm³/mol. The van der Waals surface area contributed by atoms with E-state index in [1.54, 1.807) is 24.3 Å². The van der Waals surface area contributed by atoms with E-state index in [2.05, 4.69) is 5.32 Å². The van der Waals surface area contributed by atoms with Crippen molar-refractivity contribution in [1.29, 1.82) is 0 Å². The minimum Gasteiger partial charge on any atom is -0.455 e. The molecule has 0 aliphatic rings. The van der Waals surface area contributed by atoms with Gasteiger partial charge in [0.15, 0.2) is 5.75 Å². The Labute approximate surface area is 195 Å². The number of nitrogens with zero attached hydrogens (tertiary/aromatic N) is 1. The molecular formula is C21H17Cl3N2O4S. The molecule has 0 heterocycles. The monoisotopic (exact) mass is 498 g/mol. The fourth-order valence-electron chi connectivity index (χ4n) is 2.68. The second kappa shape index (κ2) is 9.78. The maximum absolute atomic E-state index is 12.8. The number of carbonyl (C=O) groups is 1. The van der Waals surface area contributed by atoms with Gasteiger partial charge in [-0.2, -0.15) is 0 Å². The maximum Gasteiger partial charge on any atom is 0.245 e. The molecule has 0 aliphatic heterocycles. The summed E-state index contributed by atoms with van der Waals surface area (Å²) in [4.78, 5) is 12.8. The van der Waals surface area contributed by atoms with Crippen LogP contribution in [0.3, 0.4) is 0 Å². The summed E-state index contributed by atoms with van der Waals surface area (Å²) in [7, 11) is -3.84. The summed E-state index contributed by atoms with van der Waals surface area (Å²) in [6.45, 7) is -0.532. The summed E-state index contributed by atoms with van der Waals surface area (Å²) in [5, 5.41) is 3.43. The molecule has 3 aromatic carbocycles. The molecule has 1 N–H and O–H groups in total. The van der Waals surface area contributed by atoms with Gasteiger partial charge in [-0.1, -0.05) is 53.0 Å². The number of sulfonamides is 1. The first-order valence-electron chi connectivity index (χ1n) is 8.88. The number of amides is 1. The largest absolute Gasteiger partial charge is 0.455 e. The van der Waals surface area contributed by atoms with E-state index >= 15 is 0 Å². The second-order valence-electron chi connectivity index (χ2n) is 6.47. The molecule has 3 rings (SSSR count). The standard InChI is InChI=1S/C21H17Cl3N2O4S/c1-31(28,29)26(19-12-15(23)7-9-17(19)24)13-21(27)25-18-11-14(22)8-10-20(18)30-16-5-3-2-4-6-16/h2-12H,13H2,1H3,(H,25,27). The first-order chi connectivity index (χ1) is 14.6. The van der Waals surface area contributed by atoms with Gasteiger partial charge in [0.25, 0.3) is 0 Å². The normalized spacial score (nSPS) is 11.1. The number of halogens is 3. The molecule has 10 heteroatoms. The quantitative estimate of drug-likeness (QED) is 0.443. The van der Waals surface area contributed by atoms with Gasteiger partial charge in [0, 0.05) is 10.0 Å². The molecule has 1 amide bonds. The van der Waals surface area contributed by atoms with Crippen LogP contribution in [0.2, 0.25) is 15.1 Å². The van der Waals surface area contributed by atoms with E-state index in [0.717, 1.165) is 10.6 Å². The van der Waals surface area contributed by atoms with Crippen molar-refractivity contribution in [1.82, 2.24) is 0 Å². The highest BCUT2D eigenvalue weighted by molar-refractivity contribution is 7.92. The summed E-state index contributed by atoms with van der Waals surface area (Å²) >= 11 is 18.2. The van der Waals surface area contributed by atoms with Crippen molar-refractivity contribution < 1.29 is 17.9 Å². The zero-order valence-electron chi connectivity index (χ0n) is 16.2.